The monoisotopic (exact) mass is 332 g/mol. The van der Waals surface area contributed by atoms with Crippen LogP contribution >= 0.6 is 11.3 Å². The summed E-state index contributed by atoms with van der Waals surface area (Å²) in [4.78, 5) is 28.9. The number of amides is 1. The van der Waals surface area contributed by atoms with Crippen LogP contribution in [0.25, 0.3) is 0 Å². The van der Waals surface area contributed by atoms with Gasteiger partial charge in [-0.15, -0.1) is 11.3 Å². The van der Waals surface area contributed by atoms with Crippen LogP contribution in [-0.4, -0.2) is 22.0 Å². The number of hydrogen-bond acceptors (Lipinski definition) is 4. The maximum absolute atomic E-state index is 12.5. The molecule has 1 atom stereocenters. The lowest BCUT2D eigenvalue weighted by atomic mass is 9.97. The topological polar surface area (TPSA) is 79.3 Å². The molecule has 1 heterocycles. The van der Waals surface area contributed by atoms with Crippen LogP contribution in [0.4, 0.5) is 0 Å². The van der Waals surface area contributed by atoms with E-state index >= 15 is 0 Å². The Hall–Kier alpha value is -2.21. The predicted molar refractivity (Wildman–Crippen MR) is 90.0 cm³/mol. The molecule has 2 rings (SSSR count). The molecular weight excluding hydrogens is 312 g/mol. The van der Waals surface area contributed by atoms with E-state index in [0.717, 1.165) is 22.6 Å². The first-order chi connectivity index (χ1) is 10.8. The summed E-state index contributed by atoms with van der Waals surface area (Å²) < 4.78 is 0. The highest BCUT2D eigenvalue weighted by atomic mass is 32.1. The van der Waals surface area contributed by atoms with E-state index in [1.54, 1.807) is 19.1 Å². The Balaban J connectivity index is 2.33. The molecule has 6 heteroatoms. The van der Waals surface area contributed by atoms with Gasteiger partial charge in [-0.3, -0.25) is 4.79 Å². The molecule has 0 aliphatic rings. The van der Waals surface area contributed by atoms with Crippen LogP contribution in [0.5, 0.6) is 0 Å². The van der Waals surface area contributed by atoms with Crippen molar-refractivity contribution >= 4 is 23.2 Å². The molecule has 2 aromatic rings. The molecule has 0 radical (unpaired) electrons. The van der Waals surface area contributed by atoms with Crippen LogP contribution < -0.4 is 5.32 Å². The highest BCUT2D eigenvalue weighted by Crippen LogP contribution is 2.23. The van der Waals surface area contributed by atoms with E-state index in [2.05, 4.69) is 10.3 Å². The fourth-order valence-corrected chi connectivity index (χ4v) is 3.28. The minimum Gasteiger partial charge on any atom is -0.479 e. The zero-order chi connectivity index (χ0) is 17.1. The van der Waals surface area contributed by atoms with Crippen LogP contribution in [0.1, 0.15) is 50.0 Å². The zero-order valence-electron chi connectivity index (χ0n) is 13.6. The first kappa shape index (κ1) is 17.1. The highest BCUT2D eigenvalue weighted by Gasteiger charge is 2.26. The number of aliphatic carboxylic acids is 1. The Morgan fingerprint density at radius 1 is 1.30 bits per heavy atom. The van der Waals surface area contributed by atoms with E-state index in [1.807, 2.05) is 26.8 Å². The molecule has 0 aliphatic heterocycles. The summed E-state index contributed by atoms with van der Waals surface area (Å²) in [6, 6.07) is 4.38. The quantitative estimate of drug-likeness (QED) is 0.881. The van der Waals surface area contributed by atoms with Gasteiger partial charge in [0.1, 0.15) is 4.88 Å². The Morgan fingerprint density at radius 3 is 2.57 bits per heavy atom. The number of aromatic nitrogens is 1. The first-order valence-electron chi connectivity index (χ1n) is 7.41. The van der Waals surface area contributed by atoms with E-state index in [-0.39, 0.29) is 0 Å². The molecule has 1 aromatic carbocycles. The van der Waals surface area contributed by atoms with Crippen molar-refractivity contribution in [3.63, 3.8) is 0 Å². The van der Waals surface area contributed by atoms with Crippen LogP contribution in [0.15, 0.2) is 18.2 Å². The van der Waals surface area contributed by atoms with Gasteiger partial charge in [0, 0.05) is 0 Å². The molecule has 0 saturated carbocycles. The maximum atomic E-state index is 12.5. The fourth-order valence-electron chi connectivity index (χ4n) is 2.37. The second-order valence-corrected chi connectivity index (χ2v) is 6.49. The maximum Gasteiger partial charge on any atom is 0.330 e. The number of carbonyl (C=O) groups excluding carboxylic acids is 1. The van der Waals surface area contributed by atoms with E-state index < -0.39 is 17.9 Å². The molecule has 0 saturated heterocycles. The Bertz CT molecular complexity index is 752. The second-order valence-electron chi connectivity index (χ2n) is 5.41. The molecule has 2 N–H and O–H groups in total. The Morgan fingerprint density at radius 2 is 2.00 bits per heavy atom. The lowest BCUT2D eigenvalue weighted by Gasteiger charge is -2.18. The van der Waals surface area contributed by atoms with Crippen molar-refractivity contribution in [1.29, 1.82) is 0 Å². The summed E-state index contributed by atoms with van der Waals surface area (Å²) in [6.07, 6.45) is 0.748. The molecule has 1 amide bonds. The molecule has 0 spiro atoms. The molecule has 23 heavy (non-hydrogen) atoms. The third kappa shape index (κ3) is 3.59. The van der Waals surface area contributed by atoms with Crippen molar-refractivity contribution in [3.05, 3.63) is 50.5 Å². The van der Waals surface area contributed by atoms with Crippen LogP contribution in [-0.2, 0) is 11.2 Å². The molecule has 0 aliphatic carbocycles. The number of hydrogen-bond donors (Lipinski definition) is 2. The summed E-state index contributed by atoms with van der Waals surface area (Å²) in [5, 5.41) is 13.0. The normalized spacial score (nSPS) is 12.0. The number of rotatable bonds is 5. The van der Waals surface area contributed by atoms with Crippen LogP contribution in [0.3, 0.4) is 0 Å². The van der Waals surface area contributed by atoms with E-state index in [9.17, 15) is 14.7 Å². The van der Waals surface area contributed by atoms with Gasteiger partial charge < -0.3 is 10.4 Å². The number of thiazole rings is 1. The molecular formula is C17H20N2O3S. The fraction of sp³-hybridized carbons (Fsp3) is 0.353. The van der Waals surface area contributed by atoms with E-state index in [4.69, 9.17) is 0 Å². The van der Waals surface area contributed by atoms with Gasteiger partial charge in [-0.25, -0.2) is 9.78 Å². The average Bonchev–Trinajstić information content (AvgIpc) is 2.89. The Kier molecular flexibility index (Phi) is 5.15. The van der Waals surface area contributed by atoms with E-state index in [0.29, 0.717) is 16.1 Å². The molecule has 1 aromatic heterocycles. The summed E-state index contributed by atoms with van der Waals surface area (Å²) in [7, 11) is 0. The van der Waals surface area contributed by atoms with E-state index in [1.165, 1.54) is 11.3 Å². The molecule has 0 fully saturated rings. The van der Waals surface area contributed by atoms with Crippen LogP contribution in [0, 0.1) is 20.8 Å². The summed E-state index contributed by atoms with van der Waals surface area (Å²) in [6.45, 7) is 7.51. The second kappa shape index (κ2) is 6.91. The van der Waals surface area contributed by atoms with Crippen molar-refractivity contribution < 1.29 is 14.7 Å². The minimum atomic E-state index is -1.08. The summed E-state index contributed by atoms with van der Waals surface area (Å²) >= 11 is 1.31. The number of aryl methyl sites for hydroxylation is 3. The van der Waals surface area contributed by atoms with Crippen molar-refractivity contribution in [2.45, 2.75) is 40.2 Å². The number of nitrogens with zero attached hydrogens (tertiary/aromatic N) is 1. The average molecular weight is 332 g/mol. The number of carbonyl (C=O) groups is 2. The van der Waals surface area contributed by atoms with Gasteiger partial charge in [0.15, 0.2) is 6.04 Å². The number of carboxylic acids is 1. The Labute approximate surface area is 139 Å². The van der Waals surface area contributed by atoms with Gasteiger partial charge in [-0.05, 0) is 43.9 Å². The predicted octanol–water partition coefficient (Wildman–Crippen LogP) is 3.19. The molecule has 122 valence electrons. The van der Waals surface area contributed by atoms with Gasteiger partial charge >= 0.3 is 5.97 Å². The number of carboxylic acid groups (broad SMARTS) is 1. The third-order valence-electron chi connectivity index (χ3n) is 3.83. The van der Waals surface area contributed by atoms with Crippen molar-refractivity contribution in [1.82, 2.24) is 10.3 Å². The van der Waals surface area contributed by atoms with Crippen molar-refractivity contribution in [2.24, 2.45) is 0 Å². The zero-order valence-corrected chi connectivity index (χ0v) is 14.5. The minimum absolute atomic E-state index is 0.395. The third-order valence-corrected chi connectivity index (χ3v) is 5.13. The first-order valence-corrected chi connectivity index (χ1v) is 8.22. The van der Waals surface area contributed by atoms with Crippen molar-refractivity contribution in [2.75, 3.05) is 0 Å². The SMILES string of the molecule is CCc1nc(C)c(C(=O)NC(C(=O)O)c2cccc(C)c2C)s1. The number of nitrogens with one attached hydrogen (secondary N) is 1. The molecule has 5 nitrogen and oxygen atoms in total. The summed E-state index contributed by atoms with van der Waals surface area (Å²) in [5.41, 5.74) is 3.10. The summed E-state index contributed by atoms with van der Waals surface area (Å²) in [5.74, 6) is -1.47. The van der Waals surface area contributed by atoms with Gasteiger partial charge in [0.05, 0.1) is 10.7 Å². The van der Waals surface area contributed by atoms with Crippen molar-refractivity contribution in [3.8, 4) is 0 Å². The highest BCUT2D eigenvalue weighted by molar-refractivity contribution is 7.13. The lowest BCUT2D eigenvalue weighted by Crippen LogP contribution is -2.34. The van der Waals surface area contributed by atoms with Gasteiger partial charge in [-0.2, -0.15) is 0 Å². The standard InChI is InChI=1S/C17H20N2O3S/c1-5-13-18-11(4)15(23-13)16(20)19-14(17(21)22)12-8-6-7-9(2)10(12)3/h6-8,14H,5H2,1-4H3,(H,19,20)(H,21,22). The van der Waals surface area contributed by atoms with Gasteiger partial charge in [0.25, 0.3) is 5.91 Å². The van der Waals surface area contributed by atoms with Gasteiger partial charge in [-0.1, -0.05) is 25.1 Å². The molecule has 1 unspecified atom stereocenters. The number of benzene rings is 1. The van der Waals surface area contributed by atoms with Crippen LogP contribution in [0.2, 0.25) is 0 Å². The largest absolute Gasteiger partial charge is 0.479 e. The lowest BCUT2D eigenvalue weighted by molar-refractivity contribution is -0.139. The van der Waals surface area contributed by atoms with Gasteiger partial charge in [0.2, 0.25) is 0 Å². The molecule has 0 bridgehead atoms. The smallest absolute Gasteiger partial charge is 0.330 e.